The Morgan fingerprint density at radius 1 is 1.50 bits per heavy atom. The second kappa shape index (κ2) is 4.68. The third kappa shape index (κ3) is 2.00. The zero-order chi connectivity index (χ0) is 13.4. The van der Waals surface area contributed by atoms with Crippen LogP contribution in [-0.2, 0) is 4.74 Å². The van der Waals surface area contributed by atoms with Crippen LogP contribution in [0.15, 0.2) is 15.8 Å². The molecule has 4 atom stereocenters. The lowest BCUT2D eigenvalue weighted by Crippen LogP contribution is -2.35. The van der Waals surface area contributed by atoms with Crippen molar-refractivity contribution in [2.75, 3.05) is 6.61 Å². The molecule has 2 heterocycles. The van der Waals surface area contributed by atoms with E-state index in [9.17, 15) is 14.7 Å². The summed E-state index contributed by atoms with van der Waals surface area (Å²) in [5, 5.41) is 18.9. The van der Waals surface area contributed by atoms with Gasteiger partial charge in [0.15, 0.2) is 0 Å². The minimum Gasteiger partial charge on any atom is -0.394 e. The Morgan fingerprint density at radius 3 is 2.72 bits per heavy atom. The Bertz CT molecular complexity index is 549. The molecule has 0 aliphatic carbocycles. The fourth-order valence-corrected chi connectivity index (χ4v) is 2.14. The second-order valence-corrected chi connectivity index (χ2v) is 4.58. The molecule has 1 fully saturated rings. The number of ether oxygens (including phenoxy) is 1. The van der Waals surface area contributed by atoms with Crippen LogP contribution in [-0.4, -0.2) is 38.6 Å². The zero-order valence-corrected chi connectivity index (χ0v) is 10.2. The molecule has 7 heteroatoms. The van der Waals surface area contributed by atoms with Gasteiger partial charge in [-0.25, -0.2) is 4.79 Å². The number of rotatable bonds is 2. The number of aromatic nitrogens is 2. The molecule has 18 heavy (non-hydrogen) atoms. The molecule has 0 bridgehead atoms. The van der Waals surface area contributed by atoms with E-state index in [0.29, 0.717) is 5.56 Å². The molecule has 1 saturated heterocycles. The number of nitrogens with zero attached hydrogens (tertiary/aromatic N) is 1. The van der Waals surface area contributed by atoms with E-state index in [4.69, 9.17) is 9.84 Å². The molecule has 100 valence electrons. The summed E-state index contributed by atoms with van der Waals surface area (Å²) in [5.41, 5.74) is -0.651. The van der Waals surface area contributed by atoms with E-state index >= 15 is 0 Å². The van der Waals surface area contributed by atoms with Crippen LogP contribution >= 0.6 is 0 Å². The zero-order valence-electron chi connectivity index (χ0n) is 10.2. The highest BCUT2D eigenvalue weighted by molar-refractivity contribution is 5.02. The summed E-state index contributed by atoms with van der Waals surface area (Å²) in [7, 11) is 0. The van der Waals surface area contributed by atoms with Crippen molar-refractivity contribution >= 4 is 0 Å². The molecule has 0 amide bonds. The Morgan fingerprint density at radius 2 is 2.17 bits per heavy atom. The summed E-state index contributed by atoms with van der Waals surface area (Å²) in [4.78, 5) is 25.2. The van der Waals surface area contributed by atoms with E-state index in [0.717, 1.165) is 0 Å². The maximum absolute atomic E-state index is 11.7. The lowest BCUT2D eigenvalue weighted by atomic mass is 10.0. The Kier molecular flexibility index (Phi) is 3.38. The van der Waals surface area contributed by atoms with Crippen molar-refractivity contribution in [3.8, 4) is 0 Å². The van der Waals surface area contributed by atoms with Gasteiger partial charge in [0.25, 0.3) is 5.56 Å². The first-order valence-electron chi connectivity index (χ1n) is 5.72. The van der Waals surface area contributed by atoms with E-state index < -0.39 is 29.7 Å². The maximum atomic E-state index is 11.7. The number of aliphatic hydroxyl groups excluding tert-OH is 2. The summed E-state index contributed by atoms with van der Waals surface area (Å²) >= 11 is 0. The third-order valence-corrected chi connectivity index (χ3v) is 3.28. The van der Waals surface area contributed by atoms with Gasteiger partial charge in [-0.3, -0.25) is 14.3 Å². The lowest BCUT2D eigenvalue weighted by Gasteiger charge is -2.18. The Balaban J connectivity index is 2.42. The highest BCUT2D eigenvalue weighted by atomic mass is 16.5. The van der Waals surface area contributed by atoms with Crippen molar-refractivity contribution in [3.05, 3.63) is 32.6 Å². The average Bonchev–Trinajstić information content (AvgIpc) is 2.61. The molecule has 1 aromatic heterocycles. The van der Waals surface area contributed by atoms with E-state index in [-0.39, 0.29) is 12.5 Å². The predicted molar refractivity (Wildman–Crippen MR) is 62.2 cm³/mol. The third-order valence-electron chi connectivity index (χ3n) is 3.28. The van der Waals surface area contributed by atoms with Crippen LogP contribution in [0.5, 0.6) is 0 Å². The SMILES string of the molecule is Cc1cn([C@@H]2O[C@H](CO)[C@@H](O)C2C)c(=O)[nH]c1=O. The summed E-state index contributed by atoms with van der Waals surface area (Å²) in [6.07, 6.45) is -0.863. The van der Waals surface area contributed by atoms with Crippen LogP contribution in [0.2, 0.25) is 0 Å². The van der Waals surface area contributed by atoms with Crippen molar-refractivity contribution in [2.45, 2.75) is 32.3 Å². The normalized spacial score (nSPS) is 31.8. The topological polar surface area (TPSA) is 105 Å². The molecular weight excluding hydrogens is 240 g/mol. The number of aryl methyl sites for hydroxylation is 1. The monoisotopic (exact) mass is 256 g/mol. The second-order valence-electron chi connectivity index (χ2n) is 4.58. The number of hydrogen-bond donors (Lipinski definition) is 3. The molecule has 0 radical (unpaired) electrons. The maximum Gasteiger partial charge on any atom is 0.330 e. The predicted octanol–water partition coefficient (Wildman–Crippen LogP) is -1.27. The quantitative estimate of drug-likeness (QED) is 0.612. The Labute approximate surface area is 103 Å². The largest absolute Gasteiger partial charge is 0.394 e. The first kappa shape index (κ1) is 13.0. The van der Waals surface area contributed by atoms with Gasteiger partial charge in [-0.1, -0.05) is 6.92 Å². The van der Waals surface area contributed by atoms with Crippen LogP contribution < -0.4 is 11.2 Å². The highest BCUT2D eigenvalue weighted by Crippen LogP contribution is 2.33. The molecule has 1 aromatic rings. The van der Waals surface area contributed by atoms with Gasteiger partial charge in [0.05, 0.1) is 12.7 Å². The molecule has 1 aliphatic rings. The molecule has 0 saturated carbocycles. The van der Waals surface area contributed by atoms with Crippen LogP contribution in [0.4, 0.5) is 0 Å². The van der Waals surface area contributed by atoms with Crippen molar-refractivity contribution in [1.82, 2.24) is 9.55 Å². The van der Waals surface area contributed by atoms with Crippen LogP contribution in [0.25, 0.3) is 0 Å². The molecule has 7 nitrogen and oxygen atoms in total. The van der Waals surface area contributed by atoms with Gasteiger partial charge in [0.2, 0.25) is 0 Å². The van der Waals surface area contributed by atoms with Gasteiger partial charge in [-0.15, -0.1) is 0 Å². The van der Waals surface area contributed by atoms with Crippen LogP contribution in [0, 0.1) is 12.8 Å². The van der Waals surface area contributed by atoms with Gasteiger partial charge in [0.1, 0.15) is 12.3 Å². The molecule has 0 aromatic carbocycles. The fourth-order valence-electron chi connectivity index (χ4n) is 2.14. The number of hydrogen-bond acceptors (Lipinski definition) is 5. The highest BCUT2D eigenvalue weighted by Gasteiger charge is 2.41. The van der Waals surface area contributed by atoms with Crippen molar-refractivity contribution in [3.63, 3.8) is 0 Å². The number of nitrogens with one attached hydrogen (secondary N) is 1. The van der Waals surface area contributed by atoms with E-state index in [1.807, 2.05) is 0 Å². The van der Waals surface area contributed by atoms with Crippen LogP contribution in [0.3, 0.4) is 0 Å². The van der Waals surface area contributed by atoms with Crippen LogP contribution in [0.1, 0.15) is 18.7 Å². The van der Waals surface area contributed by atoms with Crippen molar-refractivity contribution in [1.29, 1.82) is 0 Å². The van der Waals surface area contributed by atoms with E-state index in [2.05, 4.69) is 4.98 Å². The van der Waals surface area contributed by atoms with E-state index in [1.165, 1.54) is 10.8 Å². The molecule has 3 N–H and O–H groups in total. The fraction of sp³-hybridized carbons (Fsp3) is 0.636. The first-order chi connectivity index (χ1) is 8.45. The molecule has 1 aliphatic heterocycles. The molecular formula is C11H16N2O5. The summed E-state index contributed by atoms with van der Waals surface area (Å²) in [5.74, 6) is -0.356. The summed E-state index contributed by atoms with van der Waals surface area (Å²) in [6.45, 7) is 2.98. The number of aliphatic hydroxyl groups is 2. The summed E-state index contributed by atoms with van der Waals surface area (Å²) < 4.78 is 6.67. The minimum absolute atomic E-state index is 0.320. The van der Waals surface area contributed by atoms with Gasteiger partial charge in [-0.2, -0.15) is 0 Å². The van der Waals surface area contributed by atoms with E-state index in [1.54, 1.807) is 13.8 Å². The smallest absolute Gasteiger partial charge is 0.330 e. The number of H-pyrrole nitrogens is 1. The standard InChI is InChI=1S/C11H16N2O5/c1-5-3-13(11(17)12-9(5)16)10-6(2)8(15)7(4-14)18-10/h3,6-8,10,14-15H,4H2,1-2H3,(H,12,16,17)/t6?,7-,8+,10-/m1/s1. The molecule has 1 unspecified atom stereocenters. The first-order valence-corrected chi connectivity index (χ1v) is 5.72. The molecule has 0 spiro atoms. The van der Waals surface area contributed by atoms with Crippen molar-refractivity contribution in [2.24, 2.45) is 5.92 Å². The molecule has 2 rings (SSSR count). The van der Waals surface area contributed by atoms with Gasteiger partial charge in [0, 0.05) is 17.7 Å². The van der Waals surface area contributed by atoms with Gasteiger partial charge >= 0.3 is 5.69 Å². The minimum atomic E-state index is -0.848. The van der Waals surface area contributed by atoms with Gasteiger partial charge < -0.3 is 14.9 Å². The van der Waals surface area contributed by atoms with Gasteiger partial charge in [-0.05, 0) is 6.92 Å². The average molecular weight is 256 g/mol. The summed E-state index contributed by atoms with van der Waals surface area (Å²) in [6, 6.07) is 0. The Hall–Kier alpha value is -1.44. The lowest BCUT2D eigenvalue weighted by molar-refractivity contribution is -0.0477. The van der Waals surface area contributed by atoms with Crippen molar-refractivity contribution < 1.29 is 14.9 Å². The number of aromatic amines is 1.